The summed E-state index contributed by atoms with van der Waals surface area (Å²) >= 11 is 0. The van der Waals surface area contributed by atoms with E-state index in [2.05, 4.69) is 15.6 Å². The van der Waals surface area contributed by atoms with Gasteiger partial charge in [-0.25, -0.2) is 13.4 Å². The van der Waals surface area contributed by atoms with Gasteiger partial charge in [0.1, 0.15) is 0 Å². The fourth-order valence-electron chi connectivity index (χ4n) is 2.06. The average molecular weight is 493 g/mol. The van der Waals surface area contributed by atoms with E-state index in [1.165, 1.54) is 6.07 Å². The molecule has 1 rings (SSSR count). The molecule has 0 saturated heterocycles. The van der Waals surface area contributed by atoms with Gasteiger partial charge >= 0.3 is 6.18 Å². The Kier molecular flexibility index (Phi) is 9.77. The third-order valence-corrected chi connectivity index (χ3v) is 4.36. The van der Waals surface area contributed by atoms with Crippen molar-refractivity contribution in [1.82, 2.24) is 10.6 Å². The minimum atomic E-state index is -4.22. The first-order chi connectivity index (χ1) is 11.0. The minimum absolute atomic E-state index is 0. The summed E-state index contributed by atoms with van der Waals surface area (Å²) in [4.78, 5) is 4.47. The van der Waals surface area contributed by atoms with Gasteiger partial charge in [-0.15, -0.1) is 24.0 Å². The Hall–Kier alpha value is -1.04. The van der Waals surface area contributed by atoms with Gasteiger partial charge in [0, 0.05) is 19.3 Å². The Morgan fingerprint density at radius 3 is 2.36 bits per heavy atom. The van der Waals surface area contributed by atoms with E-state index in [0.29, 0.717) is 12.1 Å². The van der Waals surface area contributed by atoms with Gasteiger partial charge in [0.2, 0.25) is 0 Å². The third-order valence-electron chi connectivity index (χ3n) is 3.10. The zero-order chi connectivity index (χ0) is 18.4. The van der Waals surface area contributed by atoms with E-state index in [1.54, 1.807) is 19.1 Å². The second kappa shape index (κ2) is 10.2. The van der Waals surface area contributed by atoms with Crippen LogP contribution in [0.25, 0.3) is 0 Å². The topological polar surface area (TPSA) is 70.6 Å². The number of nitrogens with zero attached hydrogens (tertiary/aromatic N) is 1. The molecule has 0 amide bonds. The maximum Gasteiger partial charge on any atom is 0.390 e. The standard InChI is InChI=1S/C15H22F3N3O2S.HI/c1-4-19-14(20-8-7-15(16,17)18)21-10-12-5-6-13(11(2)9-12)24(3,22)23;/h5-6,9H,4,7-8,10H2,1-3H3,(H2,19,20,21);1H. The van der Waals surface area contributed by atoms with Crippen LogP contribution in [0.4, 0.5) is 13.2 Å². The molecule has 0 aliphatic rings. The Balaban J connectivity index is 0.00000576. The van der Waals surface area contributed by atoms with Crippen molar-refractivity contribution in [2.75, 3.05) is 19.3 Å². The molecule has 0 heterocycles. The van der Waals surface area contributed by atoms with Crippen LogP contribution in [0.5, 0.6) is 0 Å². The second-order valence-electron chi connectivity index (χ2n) is 5.36. The van der Waals surface area contributed by atoms with Gasteiger partial charge in [-0.3, -0.25) is 0 Å². The minimum Gasteiger partial charge on any atom is -0.357 e. The first-order valence-electron chi connectivity index (χ1n) is 7.41. The predicted octanol–water partition coefficient (Wildman–Crippen LogP) is 3.02. The molecule has 0 radical (unpaired) electrons. The first kappa shape index (κ1) is 24.0. The summed E-state index contributed by atoms with van der Waals surface area (Å²) < 4.78 is 59.7. The fourth-order valence-corrected chi connectivity index (χ4v) is 3.02. The van der Waals surface area contributed by atoms with Crippen LogP contribution in [0.1, 0.15) is 24.5 Å². The Morgan fingerprint density at radius 1 is 1.24 bits per heavy atom. The maximum atomic E-state index is 12.2. The predicted molar refractivity (Wildman–Crippen MR) is 103 cm³/mol. The van der Waals surface area contributed by atoms with Crippen LogP contribution < -0.4 is 10.6 Å². The second-order valence-corrected chi connectivity index (χ2v) is 7.34. The molecule has 10 heteroatoms. The zero-order valence-corrected chi connectivity index (χ0v) is 17.4. The van der Waals surface area contributed by atoms with Gasteiger partial charge in [0.05, 0.1) is 17.9 Å². The molecule has 0 aliphatic carbocycles. The van der Waals surface area contributed by atoms with Crippen molar-refractivity contribution in [3.8, 4) is 0 Å². The first-order valence-corrected chi connectivity index (χ1v) is 9.30. The molecule has 144 valence electrons. The van der Waals surface area contributed by atoms with Gasteiger partial charge in [-0.2, -0.15) is 13.2 Å². The lowest BCUT2D eigenvalue weighted by molar-refractivity contribution is -0.132. The highest BCUT2D eigenvalue weighted by Gasteiger charge is 2.26. The van der Waals surface area contributed by atoms with Crippen molar-refractivity contribution in [3.05, 3.63) is 29.3 Å². The van der Waals surface area contributed by atoms with Gasteiger partial charge in [-0.05, 0) is 31.0 Å². The molecular formula is C15H23F3IN3O2S. The highest BCUT2D eigenvalue weighted by Crippen LogP contribution is 2.18. The van der Waals surface area contributed by atoms with Crippen LogP contribution >= 0.6 is 24.0 Å². The number of aliphatic imine (C=N–C) groups is 1. The van der Waals surface area contributed by atoms with E-state index in [-0.39, 0.29) is 47.9 Å². The van der Waals surface area contributed by atoms with Crippen LogP contribution in [-0.4, -0.2) is 39.9 Å². The molecule has 0 spiro atoms. The van der Waals surface area contributed by atoms with Crippen LogP contribution in [-0.2, 0) is 16.4 Å². The molecular weight excluding hydrogens is 470 g/mol. The number of rotatable bonds is 6. The Morgan fingerprint density at radius 2 is 1.88 bits per heavy atom. The van der Waals surface area contributed by atoms with Crippen LogP contribution in [0.3, 0.4) is 0 Å². The zero-order valence-electron chi connectivity index (χ0n) is 14.3. The van der Waals surface area contributed by atoms with Crippen molar-refractivity contribution in [2.24, 2.45) is 4.99 Å². The summed E-state index contributed by atoms with van der Waals surface area (Å²) in [7, 11) is -3.28. The van der Waals surface area contributed by atoms with E-state index in [0.717, 1.165) is 11.8 Å². The monoisotopic (exact) mass is 493 g/mol. The molecule has 0 fully saturated rings. The summed E-state index contributed by atoms with van der Waals surface area (Å²) in [5.41, 5.74) is 1.38. The maximum absolute atomic E-state index is 12.2. The number of aryl methyl sites for hydroxylation is 1. The molecule has 0 atom stereocenters. The van der Waals surface area contributed by atoms with Crippen LogP contribution in [0.15, 0.2) is 28.1 Å². The van der Waals surface area contributed by atoms with E-state index >= 15 is 0 Å². The Labute approximate surface area is 163 Å². The molecule has 1 aromatic rings. The van der Waals surface area contributed by atoms with Gasteiger partial charge < -0.3 is 10.6 Å². The van der Waals surface area contributed by atoms with Crippen molar-refractivity contribution in [2.45, 2.75) is 37.9 Å². The quantitative estimate of drug-likeness (QED) is 0.363. The number of halogens is 4. The highest BCUT2D eigenvalue weighted by molar-refractivity contribution is 14.0. The SMILES string of the molecule is CCNC(=NCc1ccc(S(C)(=O)=O)c(C)c1)NCCC(F)(F)F.I. The molecule has 0 saturated carbocycles. The van der Waals surface area contributed by atoms with E-state index in [1.807, 2.05) is 6.92 Å². The molecule has 1 aromatic carbocycles. The molecule has 2 N–H and O–H groups in total. The van der Waals surface area contributed by atoms with Gasteiger partial charge in [-0.1, -0.05) is 12.1 Å². The highest BCUT2D eigenvalue weighted by atomic mass is 127. The summed E-state index contributed by atoms with van der Waals surface area (Å²) in [5, 5.41) is 5.49. The van der Waals surface area contributed by atoms with Gasteiger partial charge in [0.15, 0.2) is 15.8 Å². The average Bonchev–Trinajstić information content (AvgIpc) is 2.42. The number of sulfone groups is 1. The lowest BCUT2D eigenvalue weighted by atomic mass is 10.1. The van der Waals surface area contributed by atoms with Crippen LogP contribution in [0.2, 0.25) is 0 Å². The smallest absolute Gasteiger partial charge is 0.357 e. The number of hydrogen-bond donors (Lipinski definition) is 2. The van der Waals surface area contributed by atoms with E-state index in [4.69, 9.17) is 0 Å². The van der Waals surface area contributed by atoms with Gasteiger partial charge in [0.25, 0.3) is 0 Å². The van der Waals surface area contributed by atoms with Crippen LogP contribution in [0, 0.1) is 6.92 Å². The van der Waals surface area contributed by atoms with Crippen molar-refractivity contribution < 1.29 is 21.6 Å². The summed E-state index contributed by atoms with van der Waals surface area (Å²) in [6, 6.07) is 4.87. The molecule has 0 aliphatic heterocycles. The fraction of sp³-hybridized carbons (Fsp3) is 0.533. The molecule has 0 unspecified atom stereocenters. The molecule has 25 heavy (non-hydrogen) atoms. The summed E-state index contributed by atoms with van der Waals surface area (Å²) in [6.45, 7) is 3.99. The number of alkyl halides is 3. The summed E-state index contributed by atoms with van der Waals surface area (Å²) in [6.07, 6.45) is -4.02. The van der Waals surface area contributed by atoms with Crippen molar-refractivity contribution in [3.63, 3.8) is 0 Å². The van der Waals surface area contributed by atoms with E-state index in [9.17, 15) is 21.6 Å². The number of benzene rings is 1. The molecule has 0 aromatic heterocycles. The lowest BCUT2D eigenvalue weighted by Crippen LogP contribution is -2.38. The molecule has 5 nitrogen and oxygen atoms in total. The van der Waals surface area contributed by atoms with E-state index < -0.39 is 22.4 Å². The largest absolute Gasteiger partial charge is 0.390 e. The van der Waals surface area contributed by atoms with Crippen molar-refractivity contribution >= 4 is 39.8 Å². The normalized spacial score (nSPS) is 12.5. The molecule has 0 bridgehead atoms. The number of hydrogen-bond acceptors (Lipinski definition) is 3. The number of nitrogens with one attached hydrogen (secondary N) is 2. The summed E-state index contributed by atoms with van der Waals surface area (Å²) in [5.74, 6) is 0.284. The number of guanidine groups is 1. The third kappa shape index (κ3) is 9.28. The van der Waals surface area contributed by atoms with Crippen molar-refractivity contribution in [1.29, 1.82) is 0 Å². The lowest BCUT2D eigenvalue weighted by Gasteiger charge is -2.12. The Bertz CT molecular complexity index is 692.